The van der Waals surface area contributed by atoms with Crippen LogP contribution in [-0.4, -0.2) is 60.1 Å². The Morgan fingerprint density at radius 3 is 2.52 bits per heavy atom. The van der Waals surface area contributed by atoms with E-state index in [-0.39, 0.29) is 5.91 Å². The molecular formula is C21H21N3O5. The molecule has 8 nitrogen and oxygen atoms in total. The third-order valence-electron chi connectivity index (χ3n) is 5.00. The highest BCUT2D eigenvalue weighted by molar-refractivity contribution is 5.99. The number of hydrogen-bond donors (Lipinski definition) is 0. The lowest BCUT2D eigenvalue weighted by atomic mass is 10.1. The summed E-state index contributed by atoms with van der Waals surface area (Å²) < 4.78 is 16.3. The van der Waals surface area contributed by atoms with Crippen molar-refractivity contribution in [3.63, 3.8) is 0 Å². The number of hydrogen-bond acceptors (Lipinski definition) is 6. The number of fused-ring (bicyclic) bond motifs is 1. The van der Waals surface area contributed by atoms with Crippen LogP contribution in [-0.2, 0) is 0 Å². The molecule has 4 rings (SSSR count). The van der Waals surface area contributed by atoms with Gasteiger partial charge in [0, 0.05) is 49.4 Å². The molecule has 29 heavy (non-hydrogen) atoms. The van der Waals surface area contributed by atoms with E-state index in [1.807, 2.05) is 19.1 Å². The summed E-state index contributed by atoms with van der Waals surface area (Å²) in [6.45, 7) is 3.45. The zero-order valence-electron chi connectivity index (χ0n) is 16.3. The van der Waals surface area contributed by atoms with Gasteiger partial charge in [0.15, 0.2) is 11.5 Å². The van der Waals surface area contributed by atoms with Gasteiger partial charge in [-0.3, -0.25) is 9.78 Å². The maximum atomic E-state index is 13.0. The van der Waals surface area contributed by atoms with Gasteiger partial charge in [-0.2, -0.15) is 0 Å². The van der Waals surface area contributed by atoms with Crippen molar-refractivity contribution < 1.29 is 23.5 Å². The molecule has 1 saturated heterocycles. The van der Waals surface area contributed by atoms with E-state index < -0.39 is 6.09 Å². The number of methoxy groups -OCH3 is 1. The highest BCUT2D eigenvalue weighted by Gasteiger charge is 2.29. The lowest BCUT2D eigenvalue weighted by Gasteiger charge is -2.33. The molecule has 3 heterocycles. The normalized spacial score (nSPS) is 14.1. The monoisotopic (exact) mass is 395 g/mol. The second-order valence-corrected chi connectivity index (χ2v) is 6.75. The number of rotatable bonds is 3. The third-order valence-corrected chi connectivity index (χ3v) is 5.00. The fourth-order valence-electron chi connectivity index (χ4n) is 3.35. The van der Waals surface area contributed by atoms with Crippen molar-refractivity contribution >= 4 is 23.0 Å². The van der Waals surface area contributed by atoms with Gasteiger partial charge in [0.2, 0.25) is 0 Å². The summed E-state index contributed by atoms with van der Waals surface area (Å²) in [6, 6.07) is 8.86. The first-order valence-electron chi connectivity index (χ1n) is 9.30. The molecule has 1 fully saturated rings. The number of ether oxygens (including phenoxy) is 2. The first-order valence-corrected chi connectivity index (χ1v) is 9.30. The number of amides is 2. The molecule has 1 aromatic carbocycles. The Morgan fingerprint density at radius 1 is 1.07 bits per heavy atom. The molecular weight excluding hydrogens is 374 g/mol. The Bertz CT molecular complexity index is 1040. The Kier molecular flexibility index (Phi) is 5.07. The number of furan rings is 1. The molecule has 0 atom stereocenters. The molecule has 1 aliphatic heterocycles. The fraction of sp³-hybridized carbons (Fsp3) is 0.286. The molecule has 0 bridgehead atoms. The summed E-state index contributed by atoms with van der Waals surface area (Å²) in [6.07, 6.45) is 2.65. The van der Waals surface area contributed by atoms with Gasteiger partial charge in [0.25, 0.3) is 5.91 Å². The molecule has 2 amide bonds. The standard InChI is InChI=1S/C21H21N3O5/c1-14-17-6-5-15(27-2)12-18(17)29-19(14)20(25)23-8-10-24(11-9-23)21(26)28-16-4-3-7-22-13-16/h3-7,12-13H,8-11H2,1-2H3. The molecule has 0 radical (unpaired) electrons. The number of pyridine rings is 1. The first kappa shape index (κ1) is 18.8. The molecule has 0 unspecified atom stereocenters. The second-order valence-electron chi connectivity index (χ2n) is 6.75. The van der Waals surface area contributed by atoms with E-state index in [4.69, 9.17) is 13.9 Å². The molecule has 0 spiro atoms. The van der Waals surface area contributed by atoms with E-state index in [2.05, 4.69) is 4.98 Å². The van der Waals surface area contributed by atoms with Crippen molar-refractivity contribution in [1.29, 1.82) is 0 Å². The minimum atomic E-state index is -0.447. The Labute approximate surface area is 167 Å². The van der Waals surface area contributed by atoms with Gasteiger partial charge in [-0.1, -0.05) is 0 Å². The topological polar surface area (TPSA) is 85.1 Å². The number of nitrogens with zero attached hydrogens (tertiary/aromatic N) is 3. The summed E-state index contributed by atoms with van der Waals surface area (Å²) >= 11 is 0. The number of carbonyl (C=O) groups is 2. The zero-order chi connectivity index (χ0) is 20.4. The first-order chi connectivity index (χ1) is 14.1. The number of benzene rings is 1. The summed E-state index contributed by atoms with van der Waals surface area (Å²) in [5.74, 6) is 1.20. The van der Waals surface area contributed by atoms with Gasteiger partial charge in [-0.05, 0) is 31.2 Å². The van der Waals surface area contributed by atoms with Crippen molar-refractivity contribution in [3.05, 3.63) is 54.0 Å². The number of aryl methyl sites for hydroxylation is 1. The Balaban J connectivity index is 1.42. The highest BCUT2D eigenvalue weighted by atomic mass is 16.6. The van der Waals surface area contributed by atoms with Crippen LogP contribution in [0.5, 0.6) is 11.5 Å². The van der Waals surface area contributed by atoms with Gasteiger partial charge in [0.1, 0.15) is 11.3 Å². The lowest BCUT2D eigenvalue weighted by Crippen LogP contribution is -2.51. The van der Waals surface area contributed by atoms with Crippen LogP contribution in [0.25, 0.3) is 11.0 Å². The maximum Gasteiger partial charge on any atom is 0.415 e. The Hall–Kier alpha value is -3.55. The summed E-state index contributed by atoms with van der Waals surface area (Å²) in [7, 11) is 1.59. The molecule has 8 heteroatoms. The van der Waals surface area contributed by atoms with Crippen LogP contribution >= 0.6 is 0 Å². The van der Waals surface area contributed by atoms with Gasteiger partial charge in [0.05, 0.1) is 13.3 Å². The van der Waals surface area contributed by atoms with Crippen molar-refractivity contribution in [3.8, 4) is 11.5 Å². The molecule has 2 aromatic heterocycles. The summed E-state index contributed by atoms with van der Waals surface area (Å²) in [5, 5.41) is 0.882. The van der Waals surface area contributed by atoms with Crippen LogP contribution in [0.3, 0.4) is 0 Å². The predicted molar refractivity (Wildman–Crippen MR) is 105 cm³/mol. The average Bonchev–Trinajstić information content (AvgIpc) is 3.09. The van der Waals surface area contributed by atoms with Crippen LogP contribution in [0, 0.1) is 6.92 Å². The van der Waals surface area contributed by atoms with Crippen molar-refractivity contribution in [2.45, 2.75) is 6.92 Å². The van der Waals surface area contributed by atoms with Gasteiger partial charge >= 0.3 is 6.09 Å². The van der Waals surface area contributed by atoms with E-state index in [9.17, 15) is 9.59 Å². The van der Waals surface area contributed by atoms with Crippen LogP contribution in [0.15, 0.2) is 47.1 Å². The van der Waals surface area contributed by atoms with Gasteiger partial charge in [-0.15, -0.1) is 0 Å². The lowest BCUT2D eigenvalue weighted by molar-refractivity contribution is 0.0605. The summed E-state index contributed by atoms with van der Waals surface area (Å²) in [4.78, 5) is 32.4. The maximum absolute atomic E-state index is 13.0. The van der Waals surface area contributed by atoms with Crippen LogP contribution in [0.1, 0.15) is 16.1 Å². The second kappa shape index (κ2) is 7.83. The predicted octanol–water partition coefficient (Wildman–Crippen LogP) is 3.10. The van der Waals surface area contributed by atoms with E-state index in [0.29, 0.717) is 49.0 Å². The number of piperazine rings is 1. The molecule has 150 valence electrons. The molecule has 3 aromatic rings. The van der Waals surface area contributed by atoms with Crippen molar-refractivity contribution in [2.24, 2.45) is 0 Å². The smallest absolute Gasteiger partial charge is 0.415 e. The minimum Gasteiger partial charge on any atom is -0.497 e. The Morgan fingerprint density at radius 2 is 1.83 bits per heavy atom. The van der Waals surface area contributed by atoms with Gasteiger partial charge < -0.3 is 23.7 Å². The van der Waals surface area contributed by atoms with E-state index >= 15 is 0 Å². The molecule has 0 N–H and O–H groups in total. The molecule has 0 saturated carbocycles. The molecule has 1 aliphatic rings. The SMILES string of the molecule is COc1ccc2c(C)c(C(=O)N3CCN(C(=O)Oc4cccnc4)CC3)oc2c1. The van der Waals surface area contributed by atoms with Gasteiger partial charge in [-0.25, -0.2) is 4.79 Å². The number of aromatic nitrogens is 1. The van der Waals surface area contributed by atoms with Crippen molar-refractivity contribution in [2.75, 3.05) is 33.3 Å². The fourth-order valence-corrected chi connectivity index (χ4v) is 3.35. The number of carbonyl (C=O) groups excluding carboxylic acids is 2. The van der Waals surface area contributed by atoms with E-state index in [1.54, 1.807) is 41.3 Å². The average molecular weight is 395 g/mol. The van der Waals surface area contributed by atoms with Crippen LogP contribution in [0.2, 0.25) is 0 Å². The van der Waals surface area contributed by atoms with E-state index in [1.165, 1.54) is 6.20 Å². The van der Waals surface area contributed by atoms with Crippen LogP contribution in [0.4, 0.5) is 4.79 Å². The summed E-state index contributed by atoms with van der Waals surface area (Å²) in [5.41, 5.74) is 1.41. The largest absolute Gasteiger partial charge is 0.497 e. The minimum absolute atomic E-state index is 0.182. The zero-order valence-corrected chi connectivity index (χ0v) is 16.3. The third kappa shape index (κ3) is 3.73. The van der Waals surface area contributed by atoms with E-state index in [0.717, 1.165) is 10.9 Å². The van der Waals surface area contributed by atoms with Crippen LogP contribution < -0.4 is 9.47 Å². The quantitative estimate of drug-likeness (QED) is 0.677. The highest BCUT2D eigenvalue weighted by Crippen LogP contribution is 2.29. The molecule has 0 aliphatic carbocycles. The van der Waals surface area contributed by atoms with Crippen molar-refractivity contribution in [1.82, 2.24) is 14.8 Å².